The molecule has 14 heteroatoms. The van der Waals surface area contributed by atoms with Gasteiger partial charge in [-0.1, -0.05) is 6.08 Å². The van der Waals surface area contributed by atoms with Crippen molar-refractivity contribution in [3.63, 3.8) is 0 Å². The molecule has 2 amide bonds. The fourth-order valence-corrected chi connectivity index (χ4v) is 5.03. The third-order valence-corrected chi connectivity index (χ3v) is 7.16. The molecular weight excluding hydrogens is 610 g/mol. The maximum absolute atomic E-state index is 13.7. The number of halogens is 2. The zero-order valence-corrected chi connectivity index (χ0v) is 27.0. The Balaban J connectivity index is 1.49. The number of ether oxygens (including phenoxy) is 1. The number of hydrogen-bond acceptors (Lipinski definition) is 8. The van der Waals surface area contributed by atoms with Crippen molar-refractivity contribution in [1.82, 2.24) is 29.5 Å². The van der Waals surface area contributed by atoms with Crippen molar-refractivity contribution >= 4 is 46.5 Å². The molecule has 3 heterocycles. The summed E-state index contributed by atoms with van der Waals surface area (Å²) in [7, 11) is 3.68. The lowest BCUT2D eigenvalue weighted by molar-refractivity contribution is -0.124. The molecule has 2 N–H and O–H groups in total. The minimum Gasteiger partial charge on any atom is -0.444 e. The largest absolute Gasteiger partial charge is 0.444 e. The number of hydrogen-bond donors (Lipinski definition) is 2. The number of nitrogens with zero attached hydrogens (tertiary/aromatic N) is 7. The number of amides is 2. The van der Waals surface area contributed by atoms with Crippen LogP contribution in [0.3, 0.4) is 0 Å². The van der Waals surface area contributed by atoms with Crippen LogP contribution in [0.15, 0.2) is 53.8 Å². The molecule has 0 spiro atoms. The molecule has 2 aromatic heterocycles. The van der Waals surface area contributed by atoms with Gasteiger partial charge in [-0.15, -0.1) is 0 Å². The normalized spacial score (nSPS) is 14.3. The molecule has 2 aromatic carbocycles. The monoisotopic (exact) mass is 646 g/mol. The third-order valence-electron chi connectivity index (χ3n) is 7.16. The van der Waals surface area contributed by atoms with E-state index in [-0.39, 0.29) is 11.7 Å². The fraction of sp³-hybridized carbons (Fsp3) is 0.333. The predicted octanol–water partition coefficient (Wildman–Crippen LogP) is 5.32. The Labute approximate surface area is 270 Å². The van der Waals surface area contributed by atoms with Gasteiger partial charge in [-0.25, -0.2) is 33.2 Å². The topological polar surface area (TPSA) is 138 Å². The number of carbonyl (C=O) groups is 2. The summed E-state index contributed by atoms with van der Waals surface area (Å²) >= 11 is 0. The number of aliphatic imine (C=N–C) groups is 1. The highest BCUT2D eigenvalue weighted by Crippen LogP contribution is 2.34. The number of aryl methyl sites for hydroxylation is 1. The number of aliphatic hydroxyl groups excluding tert-OH is 1. The molecule has 12 nitrogen and oxygen atoms in total. The average molecular weight is 647 g/mol. The number of anilines is 1. The number of rotatable bonds is 7. The van der Waals surface area contributed by atoms with E-state index in [2.05, 4.69) is 20.3 Å². The van der Waals surface area contributed by atoms with Gasteiger partial charge in [-0.3, -0.25) is 4.79 Å². The summed E-state index contributed by atoms with van der Waals surface area (Å²) in [6.07, 6.45) is 3.33. The summed E-state index contributed by atoms with van der Waals surface area (Å²) in [5.41, 5.74) is 3.54. The van der Waals surface area contributed by atoms with Gasteiger partial charge in [-0.05, 0) is 81.1 Å². The van der Waals surface area contributed by atoms with Crippen LogP contribution in [0.2, 0.25) is 0 Å². The van der Waals surface area contributed by atoms with Gasteiger partial charge in [0.15, 0.2) is 11.9 Å². The lowest BCUT2D eigenvalue weighted by Crippen LogP contribution is -2.39. The summed E-state index contributed by atoms with van der Waals surface area (Å²) in [4.78, 5) is 42.4. The summed E-state index contributed by atoms with van der Waals surface area (Å²) in [6.45, 7) is 8.08. The Kier molecular flexibility index (Phi) is 9.33. The second-order valence-corrected chi connectivity index (χ2v) is 12.4. The van der Waals surface area contributed by atoms with E-state index in [0.717, 1.165) is 17.7 Å². The Bertz CT molecular complexity index is 1880. The number of nitrogens with one attached hydrogen (secondary N) is 1. The van der Waals surface area contributed by atoms with Gasteiger partial charge in [0.25, 0.3) is 5.91 Å². The first-order valence-corrected chi connectivity index (χ1v) is 14.9. The highest BCUT2D eigenvalue weighted by atomic mass is 19.1. The molecular formula is C33H36F2N8O4. The first kappa shape index (κ1) is 33.1. The molecule has 4 aromatic rings. The summed E-state index contributed by atoms with van der Waals surface area (Å²) < 4.78 is 34.5. The zero-order chi connectivity index (χ0) is 34.0. The van der Waals surface area contributed by atoms with Crippen molar-refractivity contribution in [2.75, 3.05) is 32.5 Å². The second kappa shape index (κ2) is 13.2. The molecule has 0 radical (unpaired) electrons. The SMILES string of the molecule is Cc1cc(NC(=O)[C@H](O)c2cc(F)cc(F)c2)ccc1-n1nc(C2=CCN(C(=O)OC(C)(C)C)CC2)c2ncnc(N=CN(C)C)c21. The first-order chi connectivity index (χ1) is 22.2. The van der Waals surface area contributed by atoms with Gasteiger partial charge in [0.2, 0.25) is 0 Å². The van der Waals surface area contributed by atoms with E-state index in [1.54, 1.807) is 39.0 Å². The van der Waals surface area contributed by atoms with E-state index in [4.69, 9.17) is 9.84 Å². The highest BCUT2D eigenvalue weighted by molar-refractivity contribution is 5.96. The van der Waals surface area contributed by atoms with Crippen LogP contribution in [0.5, 0.6) is 0 Å². The second-order valence-electron chi connectivity index (χ2n) is 12.4. The van der Waals surface area contributed by atoms with Gasteiger partial charge in [0, 0.05) is 38.9 Å². The zero-order valence-electron chi connectivity index (χ0n) is 27.0. The minimum absolute atomic E-state index is 0.207. The Morgan fingerprint density at radius 2 is 1.85 bits per heavy atom. The van der Waals surface area contributed by atoms with E-state index in [1.807, 2.05) is 47.9 Å². The van der Waals surface area contributed by atoms with Crippen molar-refractivity contribution in [1.29, 1.82) is 0 Å². The van der Waals surface area contributed by atoms with Gasteiger partial charge >= 0.3 is 6.09 Å². The quantitative estimate of drug-likeness (QED) is 0.203. The first-order valence-electron chi connectivity index (χ1n) is 14.9. The molecule has 5 rings (SSSR count). The number of carbonyl (C=O) groups excluding carboxylic acids is 2. The van der Waals surface area contributed by atoms with Gasteiger partial charge in [-0.2, -0.15) is 5.10 Å². The van der Waals surface area contributed by atoms with Crippen LogP contribution < -0.4 is 5.32 Å². The van der Waals surface area contributed by atoms with Crippen LogP contribution in [0.4, 0.5) is 25.1 Å². The van der Waals surface area contributed by atoms with Crippen molar-refractivity contribution in [2.24, 2.45) is 4.99 Å². The van der Waals surface area contributed by atoms with Crippen molar-refractivity contribution in [3.8, 4) is 5.69 Å². The van der Waals surface area contributed by atoms with Crippen LogP contribution in [-0.2, 0) is 9.53 Å². The average Bonchev–Trinajstić information content (AvgIpc) is 3.38. The highest BCUT2D eigenvalue weighted by Gasteiger charge is 2.27. The molecule has 0 saturated heterocycles. The minimum atomic E-state index is -1.79. The van der Waals surface area contributed by atoms with Crippen molar-refractivity contribution in [3.05, 3.63) is 77.3 Å². The van der Waals surface area contributed by atoms with Crippen molar-refractivity contribution in [2.45, 2.75) is 45.8 Å². The van der Waals surface area contributed by atoms with E-state index in [0.29, 0.717) is 65.1 Å². The smallest absolute Gasteiger partial charge is 0.410 e. The lowest BCUT2D eigenvalue weighted by atomic mass is 10.0. The maximum Gasteiger partial charge on any atom is 0.410 e. The van der Waals surface area contributed by atoms with E-state index in [1.165, 1.54) is 6.33 Å². The maximum atomic E-state index is 13.7. The molecule has 0 fully saturated rings. The summed E-state index contributed by atoms with van der Waals surface area (Å²) in [5.74, 6) is -2.27. The summed E-state index contributed by atoms with van der Waals surface area (Å²) in [6, 6.07) is 7.50. The van der Waals surface area contributed by atoms with Gasteiger partial charge < -0.3 is 25.0 Å². The molecule has 1 aliphatic heterocycles. The Morgan fingerprint density at radius 1 is 1.13 bits per heavy atom. The van der Waals surface area contributed by atoms with Crippen LogP contribution >= 0.6 is 0 Å². The van der Waals surface area contributed by atoms with Gasteiger partial charge in [0.1, 0.15) is 40.3 Å². The number of benzene rings is 2. The Morgan fingerprint density at radius 3 is 2.47 bits per heavy atom. The van der Waals surface area contributed by atoms with Crippen LogP contribution in [0.1, 0.15) is 50.1 Å². The number of fused-ring (bicyclic) bond motifs is 1. The number of aliphatic hydroxyl groups is 1. The van der Waals surface area contributed by atoms with Gasteiger partial charge in [0.05, 0.1) is 12.0 Å². The molecule has 0 unspecified atom stereocenters. The molecule has 0 bridgehead atoms. The molecule has 1 atom stereocenters. The molecule has 47 heavy (non-hydrogen) atoms. The molecule has 0 aliphatic carbocycles. The fourth-order valence-electron chi connectivity index (χ4n) is 5.03. The van der Waals surface area contributed by atoms with Crippen LogP contribution in [0.25, 0.3) is 22.3 Å². The van der Waals surface area contributed by atoms with Crippen molar-refractivity contribution < 1.29 is 28.2 Å². The molecule has 0 saturated carbocycles. The molecule has 246 valence electrons. The van der Waals surface area contributed by atoms with E-state index in [9.17, 15) is 23.5 Å². The number of aromatic nitrogens is 4. The van der Waals surface area contributed by atoms with Crippen LogP contribution in [0, 0.1) is 18.6 Å². The molecule has 1 aliphatic rings. The third kappa shape index (κ3) is 7.60. The Hall–Kier alpha value is -5.24. The predicted molar refractivity (Wildman–Crippen MR) is 174 cm³/mol. The van der Waals surface area contributed by atoms with Crippen LogP contribution in [-0.4, -0.2) is 85.8 Å². The lowest BCUT2D eigenvalue weighted by Gasteiger charge is -2.29. The van der Waals surface area contributed by atoms with E-state index < -0.39 is 29.2 Å². The standard InChI is InChI=1S/C33H36F2N8O4/c1-19-13-24(39-31(45)29(44)21-14-22(34)16-23(35)15-21)7-8-25(19)43-28-27(36-17-37-30(28)38-18-41(5)6)26(40-43)20-9-11-42(12-10-20)32(46)47-33(2,3)4/h7-9,13-18,29,44H,10-12H2,1-6H3,(H,39,45)/t29-/m1/s1. The summed E-state index contributed by atoms with van der Waals surface area (Å²) in [5, 5.41) is 18.0. The van der Waals surface area contributed by atoms with E-state index >= 15 is 0 Å².